The standard InChI is InChI=1S/C20H24N2O3/c1-2-3-7-15-10-12-17(13-11-15)21-20(25)22-18(19(23)24)14-16-8-5-4-6-9-16/h4-6,8-13,18H,2-3,7,14H2,1H3,(H,23,24)(H2,21,22,25). The highest BCUT2D eigenvalue weighted by molar-refractivity contribution is 5.92. The summed E-state index contributed by atoms with van der Waals surface area (Å²) in [5.74, 6) is -1.06. The Morgan fingerprint density at radius 2 is 1.68 bits per heavy atom. The van der Waals surface area contributed by atoms with Crippen LogP contribution in [0.2, 0.25) is 0 Å². The summed E-state index contributed by atoms with van der Waals surface area (Å²) in [6.45, 7) is 2.15. The normalized spacial score (nSPS) is 11.6. The van der Waals surface area contributed by atoms with Crippen molar-refractivity contribution in [3.05, 3.63) is 65.7 Å². The van der Waals surface area contributed by atoms with Gasteiger partial charge in [-0.3, -0.25) is 0 Å². The molecule has 1 unspecified atom stereocenters. The Morgan fingerprint density at radius 3 is 2.28 bits per heavy atom. The largest absolute Gasteiger partial charge is 0.480 e. The third-order valence-corrected chi connectivity index (χ3v) is 3.92. The molecule has 0 saturated carbocycles. The van der Waals surface area contributed by atoms with Crippen LogP contribution < -0.4 is 10.6 Å². The molecule has 132 valence electrons. The number of nitrogens with one attached hydrogen (secondary N) is 2. The topological polar surface area (TPSA) is 78.4 Å². The molecule has 0 spiro atoms. The molecular formula is C20H24N2O3. The van der Waals surface area contributed by atoms with E-state index >= 15 is 0 Å². The van der Waals surface area contributed by atoms with E-state index in [2.05, 4.69) is 17.6 Å². The lowest BCUT2D eigenvalue weighted by molar-refractivity contribution is -0.139. The lowest BCUT2D eigenvalue weighted by Gasteiger charge is -2.15. The summed E-state index contributed by atoms with van der Waals surface area (Å²) >= 11 is 0. The fourth-order valence-corrected chi connectivity index (χ4v) is 2.51. The van der Waals surface area contributed by atoms with Crippen molar-refractivity contribution >= 4 is 17.7 Å². The number of amides is 2. The lowest BCUT2D eigenvalue weighted by atomic mass is 10.1. The van der Waals surface area contributed by atoms with E-state index in [4.69, 9.17) is 0 Å². The van der Waals surface area contributed by atoms with Gasteiger partial charge in [0.25, 0.3) is 0 Å². The van der Waals surface area contributed by atoms with Gasteiger partial charge in [0.05, 0.1) is 0 Å². The highest BCUT2D eigenvalue weighted by Crippen LogP contribution is 2.12. The van der Waals surface area contributed by atoms with E-state index in [9.17, 15) is 14.7 Å². The maximum absolute atomic E-state index is 12.1. The van der Waals surface area contributed by atoms with Crippen molar-refractivity contribution in [1.29, 1.82) is 0 Å². The van der Waals surface area contributed by atoms with Crippen molar-refractivity contribution < 1.29 is 14.7 Å². The summed E-state index contributed by atoms with van der Waals surface area (Å²) in [5.41, 5.74) is 2.72. The molecule has 1 atom stereocenters. The van der Waals surface area contributed by atoms with Crippen LogP contribution in [0.25, 0.3) is 0 Å². The van der Waals surface area contributed by atoms with Crippen LogP contribution in [0.15, 0.2) is 54.6 Å². The maximum Gasteiger partial charge on any atom is 0.326 e. The smallest absolute Gasteiger partial charge is 0.326 e. The van der Waals surface area contributed by atoms with Crippen LogP contribution in [0.4, 0.5) is 10.5 Å². The molecule has 0 saturated heterocycles. The molecule has 0 bridgehead atoms. The van der Waals surface area contributed by atoms with Crippen molar-refractivity contribution in [2.24, 2.45) is 0 Å². The third-order valence-electron chi connectivity index (χ3n) is 3.92. The number of benzene rings is 2. The predicted octanol–water partition coefficient (Wildman–Crippen LogP) is 3.85. The average Bonchev–Trinajstić information content (AvgIpc) is 2.61. The number of aliphatic carboxylic acids is 1. The quantitative estimate of drug-likeness (QED) is 0.683. The van der Waals surface area contributed by atoms with Gasteiger partial charge in [-0.1, -0.05) is 55.8 Å². The molecule has 2 aromatic carbocycles. The zero-order valence-corrected chi connectivity index (χ0v) is 14.4. The molecule has 0 aliphatic carbocycles. The second kappa shape index (κ2) is 9.47. The summed E-state index contributed by atoms with van der Waals surface area (Å²) in [6, 6.07) is 15.3. The van der Waals surface area contributed by atoms with E-state index in [0.717, 1.165) is 24.8 Å². The Morgan fingerprint density at radius 1 is 1.00 bits per heavy atom. The second-order valence-corrected chi connectivity index (χ2v) is 5.98. The third kappa shape index (κ3) is 6.30. The van der Waals surface area contributed by atoms with Crippen LogP contribution in [0, 0.1) is 0 Å². The number of hydrogen-bond acceptors (Lipinski definition) is 2. The van der Waals surface area contributed by atoms with Crippen LogP contribution in [0.5, 0.6) is 0 Å². The minimum Gasteiger partial charge on any atom is -0.480 e. The van der Waals surface area contributed by atoms with Gasteiger partial charge < -0.3 is 15.7 Å². The van der Waals surface area contributed by atoms with E-state index in [1.165, 1.54) is 5.56 Å². The van der Waals surface area contributed by atoms with Gasteiger partial charge in [0.1, 0.15) is 6.04 Å². The Hall–Kier alpha value is -2.82. The van der Waals surface area contributed by atoms with Crippen LogP contribution >= 0.6 is 0 Å². The molecule has 0 aliphatic heterocycles. The number of carboxylic acids is 1. The number of hydrogen-bond donors (Lipinski definition) is 3. The van der Waals surface area contributed by atoms with E-state index in [1.807, 2.05) is 54.6 Å². The number of unbranched alkanes of at least 4 members (excludes halogenated alkanes) is 1. The van der Waals surface area contributed by atoms with Gasteiger partial charge in [-0.2, -0.15) is 0 Å². The predicted molar refractivity (Wildman–Crippen MR) is 98.8 cm³/mol. The summed E-state index contributed by atoms with van der Waals surface area (Å²) < 4.78 is 0. The average molecular weight is 340 g/mol. The van der Waals surface area contributed by atoms with Gasteiger partial charge in [-0.25, -0.2) is 9.59 Å². The number of anilines is 1. The van der Waals surface area contributed by atoms with Gasteiger partial charge in [0.15, 0.2) is 0 Å². The molecule has 0 aromatic heterocycles. The molecule has 5 heteroatoms. The molecule has 25 heavy (non-hydrogen) atoms. The van der Waals surface area contributed by atoms with Gasteiger partial charge in [0.2, 0.25) is 0 Å². The van der Waals surface area contributed by atoms with Crippen molar-refractivity contribution in [3.63, 3.8) is 0 Å². The van der Waals surface area contributed by atoms with Gasteiger partial charge in [0, 0.05) is 12.1 Å². The fraction of sp³-hybridized carbons (Fsp3) is 0.300. The SMILES string of the molecule is CCCCc1ccc(NC(=O)NC(Cc2ccccc2)C(=O)O)cc1. The number of carbonyl (C=O) groups is 2. The number of carboxylic acid groups (broad SMARTS) is 1. The van der Waals surface area contributed by atoms with Crippen LogP contribution in [-0.4, -0.2) is 23.1 Å². The first kappa shape index (κ1) is 18.5. The van der Waals surface area contributed by atoms with Crippen molar-refractivity contribution in [2.75, 3.05) is 5.32 Å². The minimum absolute atomic E-state index is 0.236. The second-order valence-electron chi connectivity index (χ2n) is 5.98. The Bertz CT molecular complexity index is 684. The summed E-state index contributed by atoms with van der Waals surface area (Å²) in [6.07, 6.45) is 3.52. The van der Waals surface area contributed by atoms with Crippen molar-refractivity contribution in [2.45, 2.75) is 38.6 Å². The van der Waals surface area contributed by atoms with Crippen molar-refractivity contribution in [1.82, 2.24) is 5.32 Å². The Kier molecular flexibility index (Phi) is 7.01. The minimum atomic E-state index is -1.06. The molecule has 3 N–H and O–H groups in total. The highest BCUT2D eigenvalue weighted by Gasteiger charge is 2.20. The Labute approximate surface area is 148 Å². The van der Waals surface area contributed by atoms with Crippen LogP contribution in [0.1, 0.15) is 30.9 Å². The van der Waals surface area contributed by atoms with Gasteiger partial charge in [-0.15, -0.1) is 0 Å². The van der Waals surface area contributed by atoms with E-state index in [-0.39, 0.29) is 6.42 Å². The first-order valence-electron chi connectivity index (χ1n) is 8.51. The van der Waals surface area contributed by atoms with E-state index in [0.29, 0.717) is 5.69 Å². The van der Waals surface area contributed by atoms with E-state index < -0.39 is 18.0 Å². The van der Waals surface area contributed by atoms with Crippen LogP contribution in [-0.2, 0) is 17.6 Å². The summed E-state index contributed by atoms with van der Waals surface area (Å²) in [4.78, 5) is 23.5. The molecule has 0 heterocycles. The molecule has 5 nitrogen and oxygen atoms in total. The molecule has 0 fully saturated rings. The van der Waals surface area contributed by atoms with Crippen LogP contribution in [0.3, 0.4) is 0 Å². The first-order valence-corrected chi connectivity index (χ1v) is 8.51. The van der Waals surface area contributed by atoms with Crippen molar-refractivity contribution in [3.8, 4) is 0 Å². The highest BCUT2D eigenvalue weighted by atomic mass is 16.4. The summed E-state index contributed by atoms with van der Waals surface area (Å²) in [5, 5.41) is 14.5. The molecular weight excluding hydrogens is 316 g/mol. The molecule has 2 aromatic rings. The first-order chi connectivity index (χ1) is 12.1. The fourth-order valence-electron chi connectivity index (χ4n) is 2.51. The summed E-state index contributed by atoms with van der Waals surface area (Å²) in [7, 11) is 0. The number of rotatable bonds is 8. The zero-order valence-electron chi connectivity index (χ0n) is 14.4. The monoisotopic (exact) mass is 340 g/mol. The van der Waals surface area contributed by atoms with Gasteiger partial charge in [-0.05, 0) is 36.1 Å². The number of aryl methyl sites for hydroxylation is 1. The number of urea groups is 1. The molecule has 2 amide bonds. The molecule has 0 aliphatic rings. The van der Waals surface area contributed by atoms with Gasteiger partial charge >= 0.3 is 12.0 Å². The molecule has 0 radical (unpaired) electrons. The number of carbonyl (C=O) groups excluding carboxylic acids is 1. The van der Waals surface area contributed by atoms with E-state index in [1.54, 1.807) is 0 Å². The zero-order chi connectivity index (χ0) is 18.1. The molecule has 2 rings (SSSR count). The lowest BCUT2D eigenvalue weighted by Crippen LogP contribution is -2.44. The Balaban J connectivity index is 1.91. The maximum atomic E-state index is 12.1.